The summed E-state index contributed by atoms with van der Waals surface area (Å²) in [5.41, 5.74) is 4.66. The Labute approximate surface area is 278 Å². The number of carbonyl (C=O) groups is 1. The molecule has 3 aromatic rings. The van der Waals surface area contributed by atoms with E-state index < -0.39 is 0 Å². The van der Waals surface area contributed by atoms with Crippen LogP contribution in [0.1, 0.15) is 38.8 Å². The molecule has 3 heterocycles. The van der Waals surface area contributed by atoms with Crippen molar-refractivity contribution in [1.82, 2.24) is 30.1 Å². The second kappa shape index (κ2) is 16.7. The molecular weight excluding hydrogens is 596 g/mol. The predicted octanol–water partition coefficient (Wildman–Crippen LogP) is 3.74. The van der Waals surface area contributed by atoms with Crippen molar-refractivity contribution in [2.24, 2.45) is 5.10 Å². The Morgan fingerprint density at radius 2 is 1.68 bits per heavy atom. The summed E-state index contributed by atoms with van der Waals surface area (Å²) in [6, 6.07) is 12.6. The Hall–Kier alpha value is -4.00. The van der Waals surface area contributed by atoms with Crippen molar-refractivity contribution in [2.45, 2.75) is 39.2 Å². The average molecular weight is 647 g/mol. The number of rotatable bonds is 16. The molecule has 5 rings (SSSR count). The van der Waals surface area contributed by atoms with E-state index in [1.165, 1.54) is 6.92 Å². The maximum absolute atomic E-state index is 11.0. The number of ether oxygens (including phenoxy) is 3. The van der Waals surface area contributed by atoms with Gasteiger partial charge in [-0.1, -0.05) is 13.8 Å². The molecule has 0 saturated carbocycles. The van der Waals surface area contributed by atoms with Crippen molar-refractivity contribution in [1.29, 1.82) is 0 Å². The fourth-order valence-electron chi connectivity index (χ4n) is 6.03. The molecule has 1 aromatic heterocycles. The number of piperazine rings is 1. The van der Waals surface area contributed by atoms with Crippen LogP contribution < -0.4 is 19.7 Å². The van der Waals surface area contributed by atoms with Crippen LogP contribution in [0, 0.1) is 0 Å². The smallest absolute Gasteiger partial charge is 0.302 e. The van der Waals surface area contributed by atoms with Crippen molar-refractivity contribution in [3.05, 3.63) is 48.3 Å². The van der Waals surface area contributed by atoms with Gasteiger partial charge in [0.2, 0.25) is 0 Å². The van der Waals surface area contributed by atoms with Crippen LogP contribution >= 0.6 is 0 Å². The van der Waals surface area contributed by atoms with Crippen LogP contribution in [-0.2, 0) is 9.53 Å². The SMILES string of the molecule is COc1cc(OC)cc(N(CCNC(C)C)c2ccc3ncc(C4C=NN(CCCN5CCN(CCOC(C)=O)CC5)C4)nc3c2)c1. The number of aromatic nitrogens is 2. The molecule has 2 aromatic carbocycles. The molecule has 12 nitrogen and oxygen atoms in total. The van der Waals surface area contributed by atoms with E-state index in [-0.39, 0.29) is 11.9 Å². The number of fused-ring (bicyclic) bond motifs is 1. The molecule has 0 bridgehead atoms. The van der Waals surface area contributed by atoms with Gasteiger partial charge in [-0.05, 0) is 31.2 Å². The third kappa shape index (κ3) is 9.75. The molecule has 1 N–H and O–H groups in total. The zero-order chi connectivity index (χ0) is 33.2. The molecule has 2 aliphatic heterocycles. The molecular formula is C35H50N8O4. The summed E-state index contributed by atoms with van der Waals surface area (Å²) >= 11 is 0. The Balaban J connectivity index is 1.19. The van der Waals surface area contributed by atoms with Crippen LogP contribution in [0.4, 0.5) is 11.4 Å². The summed E-state index contributed by atoms with van der Waals surface area (Å²) < 4.78 is 16.2. The van der Waals surface area contributed by atoms with Gasteiger partial charge < -0.3 is 29.3 Å². The fraction of sp³-hybridized carbons (Fsp3) is 0.543. The van der Waals surface area contributed by atoms with E-state index in [0.29, 0.717) is 12.6 Å². The highest BCUT2D eigenvalue weighted by Crippen LogP contribution is 2.34. The van der Waals surface area contributed by atoms with Gasteiger partial charge in [0, 0.05) is 114 Å². The van der Waals surface area contributed by atoms with Crippen LogP contribution in [0.25, 0.3) is 11.0 Å². The number of nitrogens with zero attached hydrogens (tertiary/aromatic N) is 7. The molecule has 0 amide bonds. The van der Waals surface area contributed by atoms with Crippen LogP contribution in [0.5, 0.6) is 11.5 Å². The predicted molar refractivity (Wildman–Crippen MR) is 186 cm³/mol. The highest BCUT2D eigenvalue weighted by atomic mass is 16.5. The number of esters is 1. The molecule has 47 heavy (non-hydrogen) atoms. The lowest BCUT2D eigenvalue weighted by Crippen LogP contribution is -2.47. The first-order chi connectivity index (χ1) is 22.8. The number of hydrogen-bond acceptors (Lipinski definition) is 12. The van der Waals surface area contributed by atoms with Crippen molar-refractivity contribution in [2.75, 3.05) is 91.2 Å². The topological polar surface area (TPSA) is 108 Å². The minimum absolute atomic E-state index is 0.102. The molecule has 1 fully saturated rings. The van der Waals surface area contributed by atoms with Crippen molar-refractivity contribution < 1.29 is 19.0 Å². The van der Waals surface area contributed by atoms with E-state index in [1.54, 1.807) is 14.2 Å². The number of carbonyl (C=O) groups excluding carboxylic acids is 1. The van der Waals surface area contributed by atoms with Gasteiger partial charge in [-0.2, -0.15) is 5.10 Å². The second-order valence-electron chi connectivity index (χ2n) is 12.5. The van der Waals surface area contributed by atoms with Gasteiger partial charge in [0.25, 0.3) is 0 Å². The normalized spacial score (nSPS) is 17.1. The number of nitrogens with one attached hydrogen (secondary N) is 1. The molecule has 2 aliphatic rings. The van der Waals surface area contributed by atoms with Crippen molar-refractivity contribution >= 4 is 34.6 Å². The lowest BCUT2D eigenvalue weighted by Gasteiger charge is -2.34. The number of methoxy groups -OCH3 is 2. The van der Waals surface area contributed by atoms with Crippen LogP contribution in [0.2, 0.25) is 0 Å². The van der Waals surface area contributed by atoms with Gasteiger partial charge in [0.15, 0.2) is 0 Å². The van der Waals surface area contributed by atoms with Crippen molar-refractivity contribution in [3.8, 4) is 11.5 Å². The van der Waals surface area contributed by atoms with Crippen LogP contribution in [0.3, 0.4) is 0 Å². The summed E-state index contributed by atoms with van der Waals surface area (Å²) in [6.45, 7) is 15.5. The highest BCUT2D eigenvalue weighted by Gasteiger charge is 2.23. The zero-order valence-corrected chi connectivity index (χ0v) is 28.5. The lowest BCUT2D eigenvalue weighted by molar-refractivity contribution is -0.141. The van der Waals surface area contributed by atoms with E-state index in [2.05, 4.69) is 51.0 Å². The quantitative estimate of drug-likeness (QED) is 0.230. The molecule has 0 spiro atoms. The van der Waals surface area contributed by atoms with E-state index in [9.17, 15) is 4.79 Å². The highest BCUT2D eigenvalue weighted by molar-refractivity contribution is 5.82. The lowest BCUT2D eigenvalue weighted by atomic mass is 10.1. The van der Waals surface area contributed by atoms with Gasteiger partial charge in [0.05, 0.1) is 36.9 Å². The van der Waals surface area contributed by atoms with E-state index in [0.717, 1.165) is 111 Å². The van der Waals surface area contributed by atoms with Gasteiger partial charge in [0.1, 0.15) is 18.1 Å². The number of anilines is 2. The Morgan fingerprint density at radius 3 is 2.36 bits per heavy atom. The molecule has 1 atom stereocenters. The zero-order valence-electron chi connectivity index (χ0n) is 28.5. The molecule has 0 radical (unpaired) electrons. The first kappa shape index (κ1) is 34.3. The third-order valence-corrected chi connectivity index (χ3v) is 8.66. The first-order valence-corrected chi connectivity index (χ1v) is 16.7. The molecule has 1 unspecified atom stereocenters. The minimum Gasteiger partial charge on any atom is -0.497 e. The van der Waals surface area contributed by atoms with E-state index in [4.69, 9.17) is 29.3 Å². The first-order valence-electron chi connectivity index (χ1n) is 16.7. The Bertz CT molecular complexity index is 1470. The third-order valence-electron chi connectivity index (χ3n) is 8.66. The fourth-order valence-corrected chi connectivity index (χ4v) is 6.03. The standard InChI is InChI=1S/C35H50N8O4/c1-26(2)36-9-12-43(30-19-31(45-4)22-32(20-30)46-5)29-7-8-33-34(21-29)39-35(24-37-33)28-23-38-42(25-28)11-6-10-40-13-15-41(16-14-40)17-18-47-27(3)44/h7-8,19-24,26,28,36H,6,9-18,25H2,1-5H3. The number of hydrogen-bond donors (Lipinski definition) is 1. The maximum Gasteiger partial charge on any atom is 0.302 e. The van der Waals surface area contributed by atoms with Crippen molar-refractivity contribution in [3.63, 3.8) is 0 Å². The molecule has 0 aliphatic carbocycles. The second-order valence-corrected chi connectivity index (χ2v) is 12.5. The number of hydrazone groups is 1. The van der Waals surface area contributed by atoms with Crippen LogP contribution in [-0.4, -0.2) is 129 Å². The molecule has 12 heteroatoms. The summed E-state index contributed by atoms with van der Waals surface area (Å²) in [5, 5.41) is 10.4. The Morgan fingerprint density at radius 1 is 0.957 bits per heavy atom. The Kier molecular flexibility index (Phi) is 12.2. The molecule has 254 valence electrons. The average Bonchev–Trinajstić information content (AvgIpc) is 3.55. The minimum atomic E-state index is -0.211. The summed E-state index contributed by atoms with van der Waals surface area (Å²) in [6.07, 6.45) is 4.95. The van der Waals surface area contributed by atoms with E-state index >= 15 is 0 Å². The maximum atomic E-state index is 11.0. The van der Waals surface area contributed by atoms with Crippen LogP contribution in [0.15, 0.2) is 47.7 Å². The number of benzene rings is 2. The van der Waals surface area contributed by atoms with E-state index in [1.807, 2.05) is 36.7 Å². The summed E-state index contributed by atoms with van der Waals surface area (Å²) in [7, 11) is 3.34. The van der Waals surface area contributed by atoms with Gasteiger partial charge >= 0.3 is 5.97 Å². The largest absolute Gasteiger partial charge is 0.497 e. The summed E-state index contributed by atoms with van der Waals surface area (Å²) in [4.78, 5) is 28.0. The van der Waals surface area contributed by atoms with Gasteiger partial charge in [-0.25, -0.2) is 4.98 Å². The summed E-state index contributed by atoms with van der Waals surface area (Å²) in [5.74, 6) is 1.37. The monoisotopic (exact) mass is 646 g/mol. The van der Waals surface area contributed by atoms with Gasteiger partial charge in [-0.3, -0.25) is 19.7 Å². The van der Waals surface area contributed by atoms with Gasteiger partial charge in [-0.15, -0.1) is 0 Å². The molecule has 1 saturated heterocycles.